The lowest BCUT2D eigenvalue weighted by Gasteiger charge is -2.15. The van der Waals surface area contributed by atoms with Crippen molar-refractivity contribution in [2.45, 2.75) is 19.7 Å². The molecule has 0 N–H and O–H groups in total. The van der Waals surface area contributed by atoms with Crippen LogP contribution in [0.25, 0.3) is 22.0 Å². The second-order valence-electron chi connectivity index (χ2n) is 7.52. The average Bonchev–Trinajstić information content (AvgIpc) is 2.81. The third kappa shape index (κ3) is 4.67. The van der Waals surface area contributed by atoms with Crippen molar-refractivity contribution in [3.8, 4) is 16.9 Å². The number of esters is 1. The number of halogens is 3. The second-order valence-corrected chi connectivity index (χ2v) is 7.52. The Kier molecular flexibility index (Phi) is 6.05. The van der Waals surface area contributed by atoms with E-state index in [-0.39, 0.29) is 12.1 Å². The molecule has 0 spiro atoms. The van der Waals surface area contributed by atoms with Crippen LogP contribution in [0.1, 0.15) is 27.0 Å². The minimum atomic E-state index is -4.49. The number of aryl methyl sites for hydroxylation is 1. The van der Waals surface area contributed by atoms with E-state index in [1.807, 2.05) is 13.0 Å². The van der Waals surface area contributed by atoms with Crippen molar-refractivity contribution in [2.24, 2.45) is 0 Å². The molecule has 0 fully saturated rings. The Labute approximate surface area is 188 Å². The smallest absolute Gasteiger partial charge is 0.418 e. The molecule has 0 aliphatic carbocycles. The molecule has 0 saturated carbocycles. The zero-order valence-corrected chi connectivity index (χ0v) is 17.9. The number of para-hydroxylation sites is 1. The average molecular weight is 451 g/mol. The van der Waals surface area contributed by atoms with Crippen LogP contribution < -0.4 is 4.74 Å². The monoisotopic (exact) mass is 451 g/mol. The lowest BCUT2D eigenvalue weighted by molar-refractivity contribution is -0.136. The second kappa shape index (κ2) is 8.94. The first kappa shape index (κ1) is 22.3. The molecule has 1 aromatic heterocycles. The van der Waals surface area contributed by atoms with E-state index >= 15 is 0 Å². The molecular weight excluding hydrogens is 431 g/mol. The summed E-state index contributed by atoms with van der Waals surface area (Å²) in [6.07, 6.45) is -3.03. The van der Waals surface area contributed by atoms with Gasteiger partial charge in [-0.05, 0) is 59.5 Å². The van der Waals surface area contributed by atoms with Gasteiger partial charge in [-0.2, -0.15) is 13.2 Å². The summed E-state index contributed by atoms with van der Waals surface area (Å²) in [6, 6.07) is 18.2. The molecule has 3 aromatic carbocycles. The van der Waals surface area contributed by atoms with E-state index in [0.717, 1.165) is 22.8 Å². The van der Waals surface area contributed by atoms with E-state index in [2.05, 4.69) is 9.72 Å². The van der Waals surface area contributed by atoms with Crippen molar-refractivity contribution in [3.05, 3.63) is 95.2 Å². The molecule has 0 amide bonds. The Bertz CT molecular complexity index is 1310. The predicted molar refractivity (Wildman–Crippen MR) is 119 cm³/mol. The van der Waals surface area contributed by atoms with Gasteiger partial charge >= 0.3 is 12.1 Å². The maximum atomic E-state index is 13.5. The number of benzene rings is 3. The van der Waals surface area contributed by atoms with Gasteiger partial charge in [0.2, 0.25) is 0 Å². The Morgan fingerprint density at radius 3 is 2.42 bits per heavy atom. The maximum Gasteiger partial charge on any atom is 0.418 e. The molecule has 0 atom stereocenters. The molecule has 4 rings (SSSR count). The first-order chi connectivity index (χ1) is 15.8. The Morgan fingerprint density at radius 2 is 1.73 bits per heavy atom. The number of nitrogens with zero attached hydrogens (tertiary/aromatic N) is 1. The van der Waals surface area contributed by atoms with Gasteiger partial charge in [-0.15, -0.1) is 0 Å². The molecular formula is C26H20F3NO3. The van der Waals surface area contributed by atoms with Gasteiger partial charge in [-0.25, -0.2) is 4.79 Å². The Morgan fingerprint density at radius 1 is 1.00 bits per heavy atom. The molecule has 168 valence electrons. The van der Waals surface area contributed by atoms with Crippen LogP contribution in [0.3, 0.4) is 0 Å². The topological polar surface area (TPSA) is 48.4 Å². The Balaban J connectivity index is 1.64. The minimum absolute atomic E-state index is 0.0809. The summed E-state index contributed by atoms with van der Waals surface area (Å²) in [5.74, 6) is 0.157. The van der Waals surface area contributed by atoms with Gasteiger partial charge in [0.25, 0.3) is 0 Å². The highest BCUT2D eigenvalue weighted by molar-refractivity contribution is 5.97. The van der Waals surface area contributed by atoms with E-state index < -0.39 is 17.7 Å². The first-order valence-electron chi connectivity index (χ1n) is 10.1. The number of aromatic nitrogens is 1. The van der Waals surface area contributed by atoms with Crippen LogP contribution in [0.4, 0.5) is 13.2 Å². The van der Waals surface area contributed by atoms with Gasteiger partial charge in [0.05, 0.1) is 23.8 Å². The molecule has 1 heterocycles. The number of alkyl halides is 3. The molecule has 0 saturated heterocycles. The normalized spacial score (nSPS) is 11.4. The van der Waals surface area contributed by atoms with Crippen LogP contribution in [0.15, 0.2) is 72.9 Å². The molecule has 7 heteroatoms. The van der Waals surface area contributed by atoms with Gasteiger partial charge in [0, 0.05) is 11.6 Å². The number of ether oxygens (including phenoxy) is 2. The van der Waals surface area contributed by atoms with Crippen molar-refractivity contribution in [2.75, 3.05) is 7.11 Å². The first-order valence-corrected chi connectivity index (χ1v) is 10.1. The number of pyridine rings is 1. The summed E-state index contributed by atoms with van der Waals surface area (Å²) in [5, 5.41) is 0.431. The van der Waals surface area contributed by atoms with Gasteiger partial charge in [-0.3, -0.25) is 4.98 Å². The third-order valence-electron chi connectivity index (χ3n) is 5.30. The molecule has 4 nitrogen and oxygen atoms in total. The maximum absolute atomic E-state index is 13.5. The molecule has 0 radical (unpaired) electrons. The number of hydrogen-bond acceptors (Lipinski definition) is 4. The lowest BCUT2D eigenvalue weighted by Crippen LogP contribution is -2.07. The molecule has 4 aromatic rings. The van der Waals surface area contributed by atoms with Gasteiger partial charge in [0.15, 0.2) is 0 Å². The van der Waals surface area contributed by atoms with E-state index in [0.29, 0.717) is 22.3 Å². The van der Waals surface area contributed by atoms with Crippen LogP contribution in [-0.4, -0.2) is 18.1 Å². The van der Waals surface area contributed by atoms with E-state index in [9.17, 15) is 18.0 Å². The number of carbonyl (C=O) groups excluding carboxylic acids is 1. The number of carbonyl (C=O) groups is 1. The highest BCUT2D eigenvalue weighted by atomic mass is 19.4. The van der Waals surface area contributed by atoms with E-state index in [1.165, 1.54) is 19.4 Å². The molecule has 33 heavy (non-hydrogen) atoms. The number of hydrogen-bond donors (Lipinski definition) is 0. The minimum Gasteiger partial charge on any atom is -0.489 e. The SMILES string of the molecule is COC(=O)c1ccc(COc2cccc(-c3c(C)cnc4c(C(F)(F)F)cccc34)c2)cc1. The summed E-state index contributed by atoms with van der Waals surface area (Å²) >= 11 is 0. The summed E-state index contributed by atoms with van der Waals surface area (Å²) in [7, 11) is 1.32. The number of rotatable bonds is 5. The van der Waals surface area contributed by atoms with Crippen LogP contribution >= 0.6 is 0 Å². The summed E-state index contributed by atoms with van der Waals surface area (Å²) in [4.78, 5) is 15.6. The van der Waals surface area contributed by atoms with E-state index in [1.54, 1.807) is 48.5 Å². The number of methoxy groups -OCH3 is 1. The largest absolute Gasteiger partial charge is 0.489 e. The predicted octanol–water partition coefficient (Wildman–Crippen LogP) is 6.59. The fourth-order valence-corrected chi connectivity index (χ4v) is 3.70. The summed E-state index contributed by atoms with van der Waals surface area (Å²) in [6.45, 7) is 2.08. The third-order valence-corrected chi connectivity index (χ3v) is 5.30. The summed E-state index contributed by atoms with van der Waals surface area (Å²) in [5.41, 5.74) is 2.63. The molecule has 0 aliphatic rings. The number of fused-ring (bicyclic) bond motifs is 1. The van der Waals surface area contributed by atoms with E-state index in [4.69, 9.17) is 4.74 Å². The van der Waals surface area contributed by atoms with Crippen LogP contribution in [0.5, 0.6) is 5.75 Å². The van der Waals surface area contributed by atoms with Gasteiger partial charge < -0.3 is 9.47 Å². The van der Waals surface area contributed by atoms with Crippen LogP contribution in [0.2, 0.25) is 0 Å². The fraction of sp³-hybridized carbons (Fsp3) is 0.154. The molecule has 0 aliphatic heterocycles. The van der Waals surface area contributed by atoms with Crippen molar-refractivity contribution in [1.82, 2.24) is 4.98 Å². The lowest BCUT2D eigenvalue weighted by atomic mass is 9.95. The zero-order chi connectivity index (χ0) is 23.6. The highest BCUT2D eigenvalue weighted by Crippen LogP contribution is 2.38. The van der Waals surface area contributed by atoms with Crippen LogP contribution in [-0.2, 0) is 17.5 Å². The highest BCUT2D eigenvalue weighted by Gasteiger charge is 2.33. The van der Waals surface area contributed by atoms with Gasteiger partial charge in [0.1, 0.15) is 12.4 Å². The molecule has 0 unspecified atom stereocenters. The fourth-order valence-electron chi connectivity index (χ4n) is 3.70. The standard InChI is InChI=1S/C26H20F3NO3/c1-16-14-30-24-21(7-4-8-22(24)26(27,28)29)23(16)19-5-3-6-20(13-19)33-15-17-9-11-18(12-10-17)25(31)32-2/h3-14H,15H2,1-2H3. The zero-order valence-electron chi connectivity index (χ0n) is 17.9. The van der Waals surface area contributed by atoms with Crippen LogP contribution in [0, 0.1) is 6.92 Å². The quantitative estimate of drug-likeness (QED) is 0.321. The van der Waals surface area contributed by atoms with Crippen molar-refractivity contribution < 1.29 is 27.4 Å². The molecule has 0 bridgehead atoms. The van der Waals surface area contributed by atoms with Crippen molar-refractivity contribution in [1.29, 1.82) is 0 Å². The Hall–Kier alpha value is -3.87. The van der Waals surface area contributed by atoms with Gasteiger partial charge in [-0.1, -0.05) is 36.4 Å². The summed E-state index contributed by atoms with van der Waals surface area (Å²) < 4.78 is 51.0. The van der Waals surface area contributed by atoms with Crippen molar-refractivity contribution in [3.63, 3.8) is 0 Å². The van der Waals surface area contributed by atoms with Crippen molar-refractivity contribution >= 4 is 16.9 Å².